The van der Waals surface area contributed by atoms with Crippen LogP contribution in [0.3, 0.4) is 0 Å². The number of nitrogens with one attached hydrogen (secondary N) is 1. The fraction of sp³-hybridized carbons (Fsp3) is 0.444. The highest BCUT2D eigenvalue weighted by atomic mass is 35.5. The lowest BCUT2D eigenvalue weighted by atomic mass is 9.78. The van der Waals surface area contributed by atoms with E-state index in [1.54, 1.807) is 0 Å². The molecule has 5 aromatic carbocycles. The highest BCUT2D eigenvalue weighted by Gasteiger charge is 2.29. The Bertz CT molecular complexity index is 2160. The Morgan fingerprint density at radius 3 is 1.23 bits per heavy atom. The van der Waals surface area contributed by atoms with Gasteiger partial charge in [0.1, 0.15) is 0 Å². The molecule has 0 aliphatic rings. The van der Waals surface area contributed by atoms with Crippen molar-refractivity contribution in [2.24, 2.45) is 0 Å². The number of rotatable bonds is 6. The van der Waals surface area contributed by atoms with Gasteiger partial charge in [-0.25, -0.2) is 0 Å². The summed E-state index contributed by atoms with van der Waals surface area (Å²) in [5.41, 5.74) is 14.9. The molecule has 0 aliphatic heterocycles. The Morgan fingerprint density at radius 2 is 0.789 bits per heavy atom. The minimum atomic E-state index is -0.144. The Hall–Kier alpha value is -4.01. The molecule has 2 nitrogen and oxygen atoms in total. The topological polar surface area (TPSA) is 15.3 Å². The summed E-state index contributed by atoms with van der Waals surface area (Å²) in [5.74, 6) is 0. The van der Waals surface area contributed by atoms with Gasteiger partial charge in [0.25, 0.3) is 0 Å². The fourth-order valence-corrected chi connectivity index (χ4v) is 7.34. The molecule has 0 aliphatic carbocycles. The summed E-state index contributed by atoms with van der Waals surface area (Å²) in [4.78, 5) is 2.40. The molecule has 5 aromatic rings. The molecule has 0 saturated heterocycles. The van der Waals surface area contributed by atoms with Crippen molar-refractivity contribution in [1.29, 1.82) is 0 Å². The highest BCUT2D eigenvalue weighted by molar-refractivity contribution is 6.36. The van der Waals surface area contributed by atoms with Crippen LogP contribution in [-0.2, 0) is 32.5 Å². The van der Waals surface area contributed by atoms with Gasteiger partial charge in [-0.15, -0.1) is 0 Å². The standard InChI is InChI=1S/C54H71ClN2/c1-49(2,3)36-19-24-42(25-20-36)56-45-33-41(54(16,17)18)34-47(48(45)55)57(43-26-21-37(22-27-43)50(4,5)6)46-28-23-38(51(7,8)9)32-44(46)35-29-39(52(10,11)12)31-40(30-35)53(13,14)15/h19-34,56H,1-18H3. The molecule has 0 aromatic heterocycles. The second kappa shape index (κ2) is 15.3. The van der Waals surface area contributed by atoms with E-state index in [0.717, 1.165) is 28.4 Å². The van der Waals surface area contributed by atoms with Crippen molar-refractivity contribution in [3.05, 3.63) is 135 Å². The van der Waals surface area contributed by atoms with Crippen LogP contribution >= 0.6 is 11.6 Å². The van der Waals surface area contributed by atoms with E-state index in [0.29, 0.717) is 5.02 Å². The normalized spacial score (nSPS) is 13.2. The Labute approximate surface area is 352 Å². The van der Waals surface area contributed by atoms with E-state index in [1.807, 2.05) is 0 Å². The monoisotopic (exact) mass is 783 g/mol. The van der Waals surface area contributed by atoms with Crippen LogP contribution in [0.15, 0.2) is 97.1 Å². The van der Waals surface area contributed by atoms with E-state index in [-0.39, 0.29) is 32.5 Å². The predicted octanol–water partition coefficient (Wildman–Crippen LogP) is 17.0. The number of nitrogens with zero attached hydrogens (tertiary/aromatic N) is 1. The molecule has 5 rings (SSSR count). The molecule has 0 amide bonds. The van der Waals surface area contributed by atoms with Crippen molar-refractivity contribution in [1.82, 2.24) is 0 Å². The van der Waals surface area contributed by atoms with E-state index in [4.69, 9.17) is 11.6 Å². The Morgan fingerprint density at radius 1 is 0.386 bits per heavy atom. The Balaban J connectivity index is 1.89. The average Bonchev–Trinajstić information content (AvgIpc) is 3.08. The SMILES string of the molecule is CC(C)(C)c1ccc(Nc2cc(C(C)(C)C)cc(N(c3ccc(C(C)(C)C)cc3)c3ccc(C(C)(C)C)cc3-c3cc(C(C)(C)C)cc(C(C)(C)C)c3)c2Cl)cc1. The molecule has 0 radical (unpaired) electrons. The van der Waals surface area contributed by atoms with Crippen LogP contribution in [0.25, 0.3) is 11.1 Å². The van der Waals surface area contributed by atoms with Crippen LogP contribution in [0.4, 0.5) is 28.4 Å². The number of hydrogen-bond acceptors (Lipinski definition) is 2. The maximum Gasteiger partial charge on any atom is 0.0881 e. The molecule has 0 atom stereocenters. The van der Waals surface area contributed by atoms with Gasteiger partial charge in [0, 0.05) is 16.9 Å². The summed E-state index contributed by atoms with van der Waals surface area (Å²) in [7, 11) is 0. The first-order valence-corrected chi connectivity index (χ1v) is 21.3. The molecule has 0 spiro atoms. The van der Waals surface area contributed by atoms with Crippen LogP contribution in [0.2, 0.25) is 5.02 Å². The zero-order valence-corrected chi connectivity index (χ0v) is 39.3. The highest BCUT2D eigenvalue weighted by Crippen LogP contribution is 2.49. The van der Waals surface area contributed by atoms with Gasteiger partial charge < -0.3 is 10.2 Å². The minimum Gasteiger partial charge on any atom is -0.354 e. The summed E-state index contributed by atoms with van der Waals surface area (Å²) >= 11 is 7.75. The first kappa shape index (κ1) is 44.1. The third-order valence-electron chi connectivity index (χ3n) is 11.3. The molecule has 57 heavy (non-hydrogen) atoms. The third kappa shape index (κ3) is 10.2. The molecule has 0 heterocycles. The molecule has 1 N–H and O–H groups in total. The molecule has 0 fully saturated rings. The lowest BCUT2D eigenvalue weighted by Crippen LogP contribution is -2.19. The summed E-state index contributed by atoms with van der Waals surface area (Å²) in [6.45, 7) is 41.2. The smallest absolute Gasteiger partial charge is 0.0881 e. The largest absolute Gasteiger partial charge is 0.354 e. The van der Waals surface area contributed by atoms with Gasteiger partial charge in [-0.2, -0.15) is 0 Å². The van der Waals surface area contributed by atoms with Crippen LogP contribution in [0, 0.1) is 0 Å². The molecular formula is C54H71ClN2. The first-order chi connectivity index (χ1) is 25.9. The van der Waals surface area contributed by atoms with Gasteiger partial charge in [-0.3, -0.25) is 0 Å². The number of halogens is 1. The van der Waals surface area contributed by atoms with Gasteiger partial charge in [0.05, 0.1) is 22.1 Å². The van der Waals surface area contributed by atoms with Crippen LogP contribution in [0.5, 0.6) is 0 Å². The van der Waals surface area contributed by atoms with Gasteiger partial charge in [0.2, 0.25) is 0 Å². The third-order valence-corrected chi connectivity index (χ3v) is 11.7. The lowest BCUT2D eigenvalue weighted by molar-refractivity contribution is 0.569. The van der Waals surface area contributed by atoms with Crippen molar-refractivity contribution < 1.29 is 0 Å². The molecule has 0 unspecified atom stereocenters. The van der Waals surface area contributed by atoms with E-state index in [9.17, 15) is 0 Å². The van der Waals surface area contributed by atoms with Crippen molar-refractivity contribution in [3.63, 3.8) is 0 Å². The number of anilines is 5. The van der Waals surface area contributed by atoms with E-state index in [2.05, 4.69) is 232 Å². The predicted molar refractivity (Wildman–Crippen MR) is 253 cm³/mol. The quantitative estimate of drug-likeness (QED) is 0.185. The number of hydrogen-bond donors (Lipinski definition) is 1. The summed E-state index contributed by atoms with van der Waals surface area (Å²) < 4.78 is 0. The molecule has 304 valence electrons. The second-order valence-corrected chi connectivity index (χ2v) is 22.9. The van der Waals surface area contributed by atoms with E-state index < -0.39 is 0 Å². The molecule has 3 heteroatoms. The van der Waals surface area contributed by atoms with Crippen LogP contribution in [0.1, 0.15) is 158 Å². The summed E-state index contributed by atoms with van der Waals surface area (Å²) in [5, 5.41) is 4.43. The number of benzene rings is 5. The summed E-state index contributed by atoms with van der Waals surface area (Å²) in [6.07, 6.45) is 0. The average molecular weight is 784 g/mol. The van der Waals surface area contributed by atoms with E-state index in [1.165, 1.54) is 44.5 Å². The first-order valence-electron chi connectivity index (χ1n) is 20.9. The molecule has 0 bridgehead atoms. The zero-order chi connectivity index (χ0) is 42.7. The van der Waals surface area contributed by atoms with Crippen molar-refractivity contribution in [3.8, 4) is 11.1 Å². The van der Waals surface area contributed by atoms with E-state index >= 15 is 0 Å². The zero-order valence-electron chi connectivity index (χ0n) is 38.6. The van der Waals surface area contributed by atoms with Crippen molar-refractivity contribution >= 4 is 40.0 Å². The van der Waals surface area contributed by atoms with Crippen molar-refractivity contribution in [2.75, 3.05) is 10.2 Å². The Kier molecular flexibility index (Phi) is 11.8. The van der Waals surface area contributed by atoms with Crippen LogP contribution < -0.4 is 10.2 Å². The molecular weight excluding hydrogens is 712 g/mol. The lowest BCUT2D eigenvalue weighted by Gasteiger charge is -2.33. The second-order valence-electron chi connectivity index (χ2n) is 22.5. The maximum atomic E-state index is 7.75. The van der Waals surface area contributed by atoms with Gasteiger partial charge >= 0.3 is 0 Å². The van der Waals surface area contributed by atoms with Gasteiger partial charge in [-0.1, -0.05) is 185 Å². The fourth-order valence-electron chi connectivity index (χ4n) is 7.10. The van der Waals surface area contributed by atoms with Crippen LogP contribution in [-0.4, -0.2) is 0 Å². The van der Waals surface area contributed by atoms with Gasteiger partial charge in [0.15, 0.2) is 0 Å². The van der Waals surface area contributed by atoms with Crippen molar-refractivity contribution in [2.45, 2.75) is 157 Å². The maximum absolute atomic E-state index is 7.75. The van der Waals surface area contributed by atoms with Gasteiger partial charge in [-0.05, 0) is 120 Å². The minimum absolute atomic E-state index is 0.0169. The summed E-state index contributed by atoms with van der Waals surface area (Å²) in [6, 6.07) is 36.7. The molecule has 0 saturated carbocycles.